The van der Waals surface area contributed by atoms with Crippen LogP contribution in [0.1, 0.15) is 21.6 Å². The molecule has 12 heteroatoms. The third-order valence-corrected chi connectivity index (χ3v) is 7.61. The fourth-order valence-electron chi connectivity index (χ4n) is 4.32. The van der Waals surface area contributed by atoms with Crippen LogP contribution >= 0.6 is 11.6 Å². The highest BCUT2D eigenvalue weighted by atomic mass is 35.5. The predicted octanol–water partition coefficient (Wildman–Crippen LogP) is 5.79. The van der Waals surface area contributed by atoms with E-state index >= 15 is 0 Å². The van der Waals surface area contributed by atoms with Crippen molar-refractivity contribution < 1.29 is 26.4 Å². The number of fused-ring (bicyclic) bond motifs is 1. The van der Waals surface area contributed by atoms with Crippen molar-refractivity contribution in [3.63, 3.8) is 0 Å². The first-order valence-corrected chi connectivity index (χ1v) is 13.6. The van der Waals surface area contributed by atoms with E-state index < -0.39 is 27.8 Å². The first-order valence-electron chi connectivity index (χ1n) is 11.4. The van der Waals surface area contributed by atoms with Gasteiger partial charge in [0.15, 0.2) is 5.69 Å². The van der Waals surface area contributed by atoms with Gasteiger partial charge in [0, 0.05) is 23.4 Å². The summed E-state index contributed by atoms with van der Waals surface area (Å²) in [5.74, 6) is -0.426. The third-order valence-electron chi connectivity index (χ3n) is 6.11. The van der Waals surface area contributed by atoms with Gasteiger partial charge >= 0.3 is 6.18 Å². The maximum absolute atomic E-state index is 13.5. The Hall–Kier alpha value is -3.83. The Kier molecular flexibility index (Phi) is 6.44. The normalized spacial score (nSPS) is 13.4. The average molecular weight is 561 g/mol. The van der Waals surface area contributed by atoms with E-state index in [1.165, 1.54) is 28.6 Å². The van der Waals surface area contributed by atoms with Crippen LogP contribution in [0.4, 0.5) is 24.5 Å². The molecule has 0 radical (unpaired) electrons. The van der Waals surface area contributed by atoms with E-state index in [2.05, 4.69) is 10.4 Å². The molecule has 0 spiro atoms. The maximum atomic E-state index is 13.5. The van der Waals surface area contributed by atoms with Crippen molar-refractivity contribution in [3.8, 4) is 16.9 Å². The number of nitrogens with one attached hydrogen (secondary N) is 1. The largest absolute Gasteiger partial charge is 0.435 e. The highest BCUT2D eigenvalue weighted by molar-refractivity contribution is 7.92. The number of anilines is 2. The van der Waals surface area contributed by atoms with Crippen LogP contribution in [0.2, 0.25) is 5.02 Å². The molecular weight excluding hydrogens is 541 g/mol. The number of benzene rings is 3. The summed E-state index contributed by atoms with van der Waals surface area (Å²) >= 11 is 6.22. The number of alkyl halides is 3. The summed E-state index contributed by atoms with van der Waals surface area (Å²) in [7, 11) is -3.38. The quantitative estimate of drug-likeness (QED) is 0.335. The minimum atomic E-state index is -4.66. The van der Waals surface area contributed by atoms with Gasteiger partial charge in [0.05, 0.1) is 28.3 Å². The van der Waals surface area contributed by atoms with Crippen LogP contribution in [0.25, 0.3) is 16.9 Å². The molecule has 2 heterocycles. The predicted molar refractivity (Wildman–Crippen MR) is 139 cm³/mol. The van der Waals surface area contributed by atoms with Crippen molar-refractivity contribution in [2.45, 2.75) is 12.6 Å². The summed E-state index contributed by atoms with van der Waals surface area (Å²) in [5.41, 5.74) is 1.95. The van der Waals surface area contributed by atoms with Gasteiger partial charge in [-0.3, -0.25) is 9.10 Å². The second-order valence-electron chi connectivity index (χ2n) is 8.74. The van der Waals surface area contributed by atoms with Crippen molar-refractivity contribution in [1.29, 1.82) is 0 Å². The number of rotatable bonds is 5. The topological polar surface area (TPSA) is 84.3 Å². The first-order chi connectivity index (χ1) is 17.9. The van der Waals surface area contributed by atoms with Crippen LogP contribution in [-0.2, 0) is 22.6 Å². The summed E-state index contributed by atoms with van der Waals surface area (Å²) in [6.07, 6.45) is -2.98. The molecule has 4 aromatic rings. The monoisotopic (exact) mass is 560 g/mol. The number of para-hydroxylation sites is 1. The van der Waals surface area contributed by atoms with Crippen LogP contribution < -0.4 is 9.62 Å². The number of hydrogen-bond acceptors (Lipinski definition) is 4. The number of aromatic nitrogens is 2. The number of hydrogen-bond donors (Lipinski definition) is 1. The number of halogens is 4. The Morgan fingerprint density at radius 2 is 1.71 bits per heavy atom. The molecule has 1 amide bonds. The lowest BCUT2D eigenvalue weighted by molar-refractivity contribution is -0.141. The molecule has 5 rings (SSSR count). The van der Waals surface area contributed by atoms with E-state index in [4.69, 9.17) is 11.6 Å². The summed E-state index contributed by atoms with van der Waals surface area (Å²) in [4.78, 5) is 12.9. The van der Waals surface area contributed by atoms with Gasteiger partial charge in [-0.25, -0.2) is 13.1 Å². The van der Waals surface area contributed by atoms with Crippen LogP contribution in [0.5, 0.6) is 0 Å². The summed E-state index contributed by atoms with van der Waals surface area (Å²) in [5, 5.41) is 6.75. The Morgan fingerprint density at radius 3 is 2.37 bits per heavy atom. The van der Waals surface area contributed by atoms with Crippen LogP contribution in [0.15, 0.2) is 72.8 Å². The Labute approximate surface area is 221 Å². The van der Waals surface area contributed by atoms with Gasteiger partial charge in [-0.15, -0.1) is 0 Å². The fraction of sp³-hybridized carbons (Fsp3) is 0.154. The first kappa shape index (κ1) is 25.8. The van der Waals surface area contributed by atoms with Crippen LogP contribution in [0.3, 0.4) is 0 Å². The summed E-state index contributed by atoms with van der Waals surface area (Å²) in [6.45, 7) is 0.341. The third kappa shape index (κ3) is 4.99. The molecule has 1 aliphatic heterocycles. The van der Waals surface area contributed by atoms with Crippen molar-refractivity contribution >= 4 is 38.9 Å². The molecular formula is C26H20ClF3N4O3S. The van der Waals surface area contributed by atoms with Crippen molar-refractivity contribution in [2.75, 3.05) is 22.4 Å². The van der Waals surface area contributed by atoms with Gasteiger partial charge in [-0.2, -0.15) is 18.3 Å². The molecule has 1 N–H and O–H groups in total. The lowest BCUT2D eigenvalue weighted by Gasteiger charge is -2.16. The highest BCUT2D eigenvalue weighted by Crippen LogP contribution is 2.35. The summed E-state index contributed by atoms with van der Waals surface area (Å²) in [6, 6.07) is 18.4. The van der Waals surface area contributed by atoms with Crippen LogP contribution in [0, 0.1) is 0 Å². The minimum Gasteiger partial charge on any atom is -0.322 e. The van der Waals surface area contributed by atoms with E-state index in [0.29, 0.717) is 29.9 Å². The molecule has 196 valence electrons. The lowest BCUT2D eigenvalue weighted by atomic mass is 10.1. The molecule has 0 fully saturated rings. The lowest BCUT2D eigenvalue weighted by Crippen LogP contribution is -2.27. The zero-order valence-corrected chi connectivity index (χ0v) is 21.4. The Morgan fingerprint density at radius 1 is 1.00 bits per heavy atom. The maximum Gasteiger partial charge on any atom is 0.435 e. The molecule has 7 nitrogen and oxygen atoms in total. The molecule has 1 aliphatic rings. The molecule has 0 atom stereocenters. The molecule has 1 aromatic heterocycles. The SMILES string of the molecule is CS(=O)(=O)N1CCc2cc(NC(=O)c3ccc(-c4cc(C(F)(F)F)nn4-c4ccccc4Cl)cc3)ccc21. The van der Waals surface area contributed by atoms with E-state index in [1.54, 1.807) is 42.5 Å². The van der Waals surface area contributed by atoms with Gasteiger partial charge in [0.1, 0.15) is 0 Å². The van der Waals surface area contributed by atoms with Gasteiger partial charge in [-0.1, -0.05) is 35.9 Å². The Balaban J connectivity index is 1.40. The average Bonchev–Trinajstić information content (AvgIpc) is 3.49. The fourth-order valence-corrected chi connectivity index (χ4v) is 5.50. The second-order valence-corrected chi connectivity index (χ2v) is 11.0. The van der Waals surface area contributed by atoms with E-state index in [0.717, 1.165) is 22.6 Å². The zero-order valence-electron chi connectivity index (χ0n) is 19.8. The van der Waals surface area contributed by atoms with Gasteiger partial charge < -0.3 is 5.32 Å². The standard InChI is InChI=1S/C26H20ClF3N4O3S/c1-38(36,37)33-13-12-18-14-19(10-11-21(18)33)31-25(35)17-8-6-16(7-9-17)23-15-24(26(28,29)30)32-34(23)22-5-3-2-4-20(22)27/h2-11,14-15H,12-13H2,1H3,(H,31,35). The van der Waals surface area contributed by atoms with Crippen molar-refractivity contribution in [1.82, 2.24) is 9.78 Å². The van der Waals surface area contributed by atoms with Gasteiger partial charge in [0.2, 0.25) is 10.0 Å². The molecule has 0 aliphatic carbocycles. The van der Waals surface area contributed by atoms with Crippen LogP contribution in [-0.4, -0.2) is 36.9 Å². The van der Waals surface area contributed by atoms with E-state index in [-0.39, 0.29) is 22.0 Å². The van der Waals surface area contributed by atoms with E-state index in [9.17, 15) is 26.4 Å². The number of sulfonamides is 1. The Bertz CT molecular complexity index is 1650. The minimum absolute atomic E-state index is 0.159. The smallest absolute Gasteiger partial charge is 0.322 e. The summed E-state index contributed by atoms with van der Waals surface area (Å²) < 4.78 is 66.7. The van der Waals surface area contributed by atoms with Crippen molar-refractivity contribution in [3.05, 3.63) is 94.6 Å². The second kappa shape index (κ2) is 9.48. The number of nitrogens with zero attached hydrogens (tertiary/aromatic N) is 3. The number of amides is 1. The number of carbonyl (C=O) groups is 1. The van der Waals surface area contributed by atoms with Gasteiger partial charge in [-0.05, 0) is 60.5 Å². The highest BCUT2D eigenvalue weighted by Gasteiger charge is 2.35. The molecule has 0 saturated heterocycles. The molecule has 0 unspecified atom stereocenters. The number of carbonyl (C=O) groups excluding carboxylic acids is 1. The zero-order chi connectivity index (χ0) is 27.2. The van der Waals surface area contributed by atoms with E-state index in [1.807, 2.05) is 0 Å². The van der Waals surface area contributed by atoms with Gasteiger partial charge in [0.25, 0.3) is 5.91 Å². The molecule has 0 bridgehead atoms. The molecule has 38 heavy (non-hydrogen) atoms. The molecule has 0 saturated carbocycles. The molecule has 3 aromatic carbocycles. The van der Waals surface area contributed by atoms with Crippen molar-refractivity contribution in [2.24, 2.45) is 0 Å².